The second-order valence-electron chi connectivity index (χ2n) is 6.65. The molecule has 1 nitrogen and oxygen atoms in total. The van der Waals surface area contributed by atoms with E-state index in [9.17, 15) is 0 Å². The van der Waals surface area contributed by atoms with Gasteiger partial charge in [-0.1, -0.05) is 30.7 Å². The summed E-state index contributed by atoms with van der Waals surface area (Å²) >= 11 is 4.94. The highest BCUT2D eigenvalue weighted by Gasteiger charge is 2.42. The lowest BCUT2D eigenvalue weighted by molar-refractivity contribution is 0.0586. The molecule has 3 rings (SSSR count). The molecule has 0 N–H and O–H groups in total. The molecule has 19 heavy (non-hydrogen) atoms. The summed E-state index contributed by atoms with van der Waals surface area (Å²) in [6, 6.07) is 0. The Morgan fingerprint density at radius 1 is 1.21 bits per heavy atom. The Kier molecular flexibility index (Phi) is 3.43. The van der Waals surface area contributed by atoms with Gasteiger partial charge in [0.2, 0.25) is 0 Å². The zero-order chi connectivity index (χ0) is 13.5. The van der Waals surface area contributed by atoms with Gasteiger partial charge in [0.05, 0.1) is 0 Å². The summed E-state index contributed by atoms with van der Waals surface area (Å²) in [6.45, 7) is 3.51. The van der Waals surface area contributed by atoms with Crippen molar-refractivity contribution in [3.05, 3.63) is 35.5 Å². The Morgan fingerprint density at radius 3 is 2.84 bits per heavy atom. The third-order valence-electron chi connectivity index (χ3n) is 5.39. The van der Waals surface area contributed by atoms with Crippen molar-refractivity contribution in [1.29, 1.82) is 0 Å². The number of rotatable bonds is 0. The molecule has 0 saturated carbocycles. The zero-order valence-electron chi connectivity index (χ0n) is 12.2. The van der Waals surface area contributed by atoms with Crippen molar-refractivity contribution in [3.8, 4) is 0 Å². The van der Waals surface area contributed by atoms with Crippen molar-refractivity contribution in [3.63, 3.8) is 0 Å². The third-order valence-corrected chi connectivity index (χ3v) is 5.81. The van der Waals surface area contributed by atoms with Crippen molar-refractivity contribution in [2.75, 3.05) is 13.6 Å². The van der Waals surface area contributed by atoms with Crippen molar-refractivity contribution in [2.24, 2.45) is 0 Å². The zero-order valence-corrected chi connectivity index (χ0v) is 13.0. The minimum absolute atomic E-state index is 0.0788. The molecule has 0 bridgehead atoms. The molecule has 1 aliphatic heterocycles. The minimum atomic E-state index is -0.0788. The molecule has 2 aliphatic carbocycles. The van der Waals surface area contributed by atoms with Crippen LogP contribution in [-0.2, 0) is 0 Å². The van der Waals surface area contributed by atoms with Gasteiger partial charge in [0.25, 0.3) is 0 Å². The lowest BCUT2D eigenvalue weighted by atomic mass is 9.70. The Bertz CT molecular complexity index is 458. The molecule has 1 spiro atoms. The molecule has 2 heteroatoms. The van der Waals surface area contributed by atoms with E-state index in [1.54, 1.807) is 5.57 Å². The van der Waals surface area contributed by atoms with E-state index < -0.39 is 0 Å². The molecular weight excluding hydrogens is 250 g/mol. The molecule has 0 aromatic rings. The van der Waals surface area contributed by atoms with Crippen LogP contribution in [-0.4, -0.2) is 28.8 Å². The summed E-state index contributed by atoms with van der Waals surface area (Å²) in [5.74, 6) is 0. The van der Waals surface area contributed by atoms with Gasteiger partial charge in [-0.3, -0.25) is 0 Å². The first-order valence-corrected chi connectivity index (χ1v) is 8.00. The first-order valence-electron chi connectivity index (χ1n) is 7.56. The summed E-state index contributed by atoms with van der Waals surface area (Å²) < 4.78 is -0.0788. The third kappa shape index (κ3) is 2.34. The molecule has 1 saturated heterocycles. The smallest absolute Gasteiger partial charge is 0.0498 e. The fourth-order valence-corrected chi connectivity index (χ4v) is 4.33. The van der Waals surface area contributed by atoms with Crippen molar-refractivity contribution in [2.45, 2.75) is 55.7 Å². The molecule has 1 fully saturated rings. The molecule has 1 heterocycles. The number of allylic oxidation sites excluding steroid dienone is 4. The van der Waals surface area contributed by atoms with Gasteiger partial charge in [-0.25, -0.2) is 0 Å². The van der Waals surface area contributed by atoms with Crippen LogP contribution >= 0.6 is 12.6 Å². The monoisotopic (exact) mass is 275 g/mol. The van der Waals surface area contributed by atoms with Crippen LogP contribution in [0.5, 0.6) is 0 Å². The molecule has 2 unspecified atom stereocenters. The van der Waals surface area contributed by atoms with Gasteiger partial charge in [0, 0.05) is 10.3 Å². The number of hydrogen-bond donors (Lipinski definition) is 1. The highest BCUT2D eigenvalue weighted by atomic mass is 32.1. The van der Waals surface area contributed by atoms with Gasteiger partial charge >= 0.3 is 0 Å². The predicted octanol–water partition coefficient (Wildman–Crippen LogP) is 4.14. The summed E-state index contributed by atoms with van der Waals surface area (Å²) in [6.07, 6.45) is 16.7. The molecule has 2 atom stereocenters. The maximum Gasteiger partial charge on any atom is 0.0498 e. The van der Waals surface area contributed by atoms with Gasteiger partial charge < -0.3 is 4.90 Å². The summed E-state index contributed by atoms with van der Waals surface area (Å²) in [7, 11) is 2.32. The van der Waals surface area contributed by atoms with Gasteiger partial charge in [-0.05, 0) is 63.8 Å². The van der Waals surface area contributed by atoms with Crippen LogP contribution in [0, 0.1) is 0 Å². The van der Waals surface area contributed by atoms with E-state index in [4.69, 9.17) is 12.6 Å². The fourth-order valence-electron chi connectivity index (χ4n) is 4.02. The van der Waals surface area contributed by atoms with E-state index >= 15 is 0 Å². The second kappa shape index (κ2) is 4.82. The largest absolute Gasteiger partial charge is 0.300 e. The highest BCUT2D eigenvalue weighted by molar-refractivity contribution is 7.82. The van der Waals surface area contributed by atoms with Crippen molar-refractivity contribution >= 4 is 12.6 Å². The lowest BCUT2D eigenvalue weighted by Gasteiger charge is -2.50. The number of nitrogens with zero attached hydrogens (tertiary/aromatic N) is 1. The highest BCUT2D eigenvalue weighted by Crippen LogP contribution is 2.47. The summed E-state index contributed by atoms with van der Waals surface area (Å²) in [5.41, 5.74) is 3.50. The van der Waals surface area contributed by atoms with E-state index in [1.165, 1.54) is 50.6 Å². The van der Waals surface area contributed by atoms with Crippen LogP contribution in [0.3, 0.4) is 0 Å². The van der Waals surface area contributed by atoms with E-state index in [2.05, 4.69) is 43.2 Å². The standard InChI is InChI=1S/C17H25NS/c1-16(19)9-4-3-7-14-8-11-17(13-15(14)16)10-5-6-12-18(17)2/h3-4,7,9,19H,5-6,8,10-13H2,1-2H3. The minimum Gasteiger partial charge on any atom is -0.300 e. The quantitative estimate of drug-likeness (QED) is 0.650. The number of likely N-dealkylation sites (tertiary alicyclic amines) is 1. The number of thiol groups is 1. The van der Waals surface area contributed by atoms with Gasteiger partial charge in [-0.15, -0.1) is 0 Å². The van der Waals surface area contributed by atoms with E-state index in [0.29, 0.717) is 5.54 Å². The SMILES string of the molecule is CN1CCCCC12CCC1=C(C2)C(C)(S)C=CC=C1. The Balaban J connectivity index is 1.96. The summed E-state index contributed by atoms with van der Waals surface area (Å²) in [4.78, 5) is 2.63. The molecule has 0 aromatic heterocycles. The number of hydrogen-bond acceptors (Lipinski definition) is 2. The van der Waals surface area contributed by atoms with Crippen LogP contribution in [0.4, 0.5) is 0 Å². The van der Waals surface area contributed by atoms with E-state index in [0.717, 1.165) is 0 Å². The van der Waals surface area contributed by atoms with E-state index in [-0.39, 0.29) is 4.75 Å². The molecule has 104 valence electrons. The molecule has 3 aliphatic rings. The molecular formula is C17H25NS. The molecule has 0 radical (unpaired) electrons. The van der Waals surface area contributed by atoms with Crippen LogP contribution in [0.25, 0.3) is 0 Å². The van der Waals surface area contributed by atoms with Gasteiger partial charge in [-0.2, -0.15) is 12.6 Å². The van der Waals surface area contributed by atoms with Crippen LogP contribution in [0.1, 0.15) is 45.4 Å². The van der Waals surface area contributed by atoms with Crippen LogP contribution < -0.4 is 0 Å². The normalized spacial score (nSPS) is 39.5. The van der Waals surface area contributed by atoms with Crippen molar-refractivity contribution < 1.29 is 0 Å². The fraction of sp³-hybridized carbons (Fsp3) is 0.647. The average Bonchev–Trinajstić information content (AvgIpc) is 2.53. The maximum atomic E-state index is 4.94. The lowest BCUT2D eigenvalue weighted by Crippen LogP contribution is -2.52. The Morgan fingerprint density at radius 2 is 2.05 bits per heavy atom. The van der Waals surface area contributed by atoms with E-state index in [1.807, 2.05) is 0 Å². The summed E-state index contributed by atoms with van der Waals surface area (Å²) in [5, 5.41) is 0. The van der Waals surface area contributed by atoms with Crippen LogP contribution in [0.15, 0.2) is 35.5 Å². The van der Waals surface area contributed by atoms with Crippen LogP contribution in [0.2, 0.25) is 0 Å². The molecule has 0 aromatic carbocycles. The molecule has 0 amide bonds. The van der Waals surface area contributed by atoms with Gasteiger partial charge in [0.1, 0.15) is 0 Å². The average molecular weight is 275 g/mol. The Labute approximate surface area is 122 Å². The number of piperidine rings is 1. The first-order chi connectivity index (χ1) is 9.04. The topological polar surface area (TPSA) is 3.24 Å². The maximum absolute atomic E-state index is 4.94. The second-order valence-corrected chi connectivity index (χ2v) is 7.58. The Hall–Kier alpha value is -0.470. The first kappa shape index (κ1) is 13.5. The van der Waals surface area contributed by atoms with Crippen molar-refractivity contribution in [1.82, 2.24) is 4.90 Å². The predicted molar refractivity (Wildman–Crippen MR) is 85.8 cm³/mol. The van der Waals surface area contributed by atoms with Gasteiger partial charge in [0.15, 0.2) is 0 Å².